The molecule has 0 aliphatic carbocycles. The van der Waals surface area contributed by atoms with E-state index in [1.165, 1.54) is 35.3 Å². The summed E-state index contributed by atoms with van der Waals surface area (Å²) in [5.41, 5.74) is 3.49. The Morgan fingerprint density at radius 1 is 1.00 bits per heavy atom. The predicted octanol–water partition coefficient (Wildman–Crippen LogP) is 6.02. The summed E-state index contributed by atoms with van der Waals surface area (Å²) in [5, 5.41) is 3.61. The van der Waals surface area contributed by atoms with Crippen LogP contribution in [0.25, 0.3) is 5.57 Å². The molecule has 3 aliphatic rings. The SMILES string of the molecule is CCOC(=O)C1=CS[C@]2(S1)C(C(=O)OCC)=CSC1=C2c2cc(C)ccc2N(C(=O)CC)C1(C)C. The summed E-state index contributed by atoms with van der Waals surface area (Å²) in [6.45, 7) is 12.0. The van der Waals surface area contributed by atoms with Crippen LogP contribution in [0.4, 0.5) is 5.69 Å². The summed E-state index contributed by atoms with van der Waals surface area (Å²) in [5.74, 6) is -0.796. The van der Waals surface area contributed by atoms with Crippen molar-refractivity contribution in [2.75, 3.05) is 18.1 Å². The number of carbonyl (C=O) groups excluding carboxylic acids is 3. The van der Waals surface area contributed by atoms with Gasteiger partial charge in [-0.25, -0.2) is 9.59 Å². The molecule has 0 unspecified atom stereocenters. The van der Waals surface area contributed by atoms with Crippen LogP contribution in [0.2, 0.25) is 0 Å². The van der Waals surface area contributed by atoms with Gasteiger partial charge in [-0.2, -0.15) is 0 Å². The van der Waals surface area contributed by atoms with Gasteiger partial charge in [0, 0.05) is 22.5 Å². The van der Waals surface area contributed by atoms with E-state index in [2.05, 4.69) is 6.07 Å². The molecule has 9 heteroatoms. The second-order valence-corrected chi connectivity index (χ2v) is 12.3. The summed E-state index contributed by atoms with van der Waals surface area (Å²) < 4.78 is 9.80. The van der Waals surface area contributed by atoms with Crippen molar-refractivity contribution in [3.8, 4) is 0 Å². The van der Waals surface area contributed by atoms with Crippen molar-refractivity contribution in [3.63, 3.8) is 0 Å². The fourth-order valence-corrected chi connectivity index (χ4v) is 9.07. The Morgan fingerprint density at radius 3 is 2.34 bits per heavy atom. The standard InChI is InChI=1S/C26H29NO5S3/c1-7-20(28)27-18-11-10-15(4)12-16(18)21-22(25(27,5)6)33-13-17(23(29)31-8-2)26(21)34-14-19(35-26)24(30)32-9-3/h10-14H,7-9H2,1-6H3/t26-/m0/s1. The smallest absolute Gasteiger partial charge is 0.345 e. The number of anilines is 1. The highest BCUT2D eigenvalue weighted by Gasteiger charge is 2.56. The molecule has 0 bridgehead atoms. The lowest BCUT2D eigenvalue weighted by Crippen LogP contribution is -2.53. The number of esters is 2. The molecule has 0 fully saturated rings. The Balaban J connectivity index is 1.97. The van der Waals surface area contributed by atoms with Crippen LogP contribution < -0.4 is 4.90 Å². The molecule has 4 rings (SSSR count). The number of carbonyl (C=O) groups is 3. The van der Waals surface area contributed by atoms with Crippen molar-refractivity contribution in [1.29, 1.82) is 0 Å². The molecule has 1 atom stereocenters. The average molecular weight is 532 g/mol. The van der Waals surface area contributed by atoms with Crippen LogP contribution in [0.5, 0.6) is 0 Å². The molecule has 0 radical (unpaired) electrons. The number of fused-ring (bicyclic) bond motifs is 3. The lowest BCUT2D eigenvalue weighted by Gasteiger charge is -2.50. The minimum absolute atomic E-state index is 0.0264. The van der Waals surface area contributed by atoms with Gasteiger partial charge in [0.25, 0.3) is 0 Å². The third-order valence-electron chi connectivity index (χ3n) is 6.09. The molecule has 3 heterocycles. The van der Waals surface area contributed by atoms with E-state index in [4.69, 9.17) is 9.47 Å². The first-order valence-electron chi connectivity index (χ1n) is 11.6. The van der Waals surface area contributed by atoms with E-state index < -0.39 is 21.6 Å². The monoisotopic (exact) mass is 531 g/mol. The fraction of sp³-hybridized carbons (Fsp3) is 0.423. The Labute approximate surface area is 218 Å². The molecule has 6 nitrogen and oxygen atoms in total. The zero-order chi connectivity index (χ0) is 25.5. The second-order valence-electron chi connectivity index (χ2n) is 8.78. The van der Waals surface area contributed by atoms with Crippen LogP contribution in [-0.4, -0.2) is 40.7 Å². The molecule has 0 saturated carbocycles. The highest BCUT2D eigenvalue weighted by Crippen LogP contribution is 2.68. The number of benzene rings is 1. The van der Waals surface area contributed by atoms with Crippen LogP contribution in [0.3, 0.4) is 0 Å². The number of amides is 1. The largest absolute Gasteiger partial charge is 0.463 e. The number of thioether (sulfide) groups is 3. The zero-order valence-electron chi connectivity index (χ0n) is 20.7. The van der Waals surface area contributed by atoms with E-state index in [9.17, 15) is 14.4 Å². The van der Waals surface area contributed by atoms with Crippen LogP contribution in [0.1, 0.15) is 52.2 Å². The van der Waals surface area contributed by atoms with Crippen LogP contribution in [0.15, 0.2) is 44.4 Å². The predicted molar refractivity (Wildman–Crippen MR) is 145 cm³/mol. The van der Waals surface area contributed by atoms with Gasteiger partial charge in [-0.05, 0) is 57.6 Å². The van der Waals surface area contributed by atoms with E-state index in [0.717, 1.165) is 27.3 Å². The van der Waals surface area contributed by atoms with Gasteiger partial charge in [-0.3, -0.25) is 4.79 Å². The third-order valence-corrected chi connectivity index (χ3v) is 10.4. The fourth-order valence-electron chi connectivity index (χ4n) is 4.59. The Kier molecular flexibility index (Phi) is 7.23. The highest BCUT2D eigenvalue weighted by atomic mass is 32.2. The number of hydrogen-bond donors (Lipinski definition) is 0. The molecule has 1 aromatic rings. The highest BCUT2D eigenvalue weighted by molar-refractivity contribution is 8.25. The van der Waals surface area contributed by atoms with E-state index in [-0.39, 0.29) is 19.1 Å². The molecule has 0 saturated heterocycles. The minimum atomic E-state index is -0.934. The maximum Gasteiger partial charge on any atom is 0.345 e. The summed E-state index contributed by atoms with van der Waals surface area (Å²) in [7, 11) is 0. The molecule has 35 heavy (non-hydrogen) atoms. The topological polar surface area (TPSA) is 72.9 Å². The van der Waals surface area contributed by atoms with Gasteiger partial charge >= 0.3 is 11.9 Å². The number of ether oxygens (including phenoxy) is 2. The lowest BCUT2D eigenvalue weighted by molar-refractivity contribution is -0.139. The van der Waals surface area contributed by atoms with Gasteiger partial charge in [0.1, 0.15) is 8.98 Å². The second kappa shape index (κ2) is 9.75. The van der Waals surface area contributed by atoms with E-state index in [1.807, 2.05) is 50.1 Å². The summed E-state index contributed by atoms with van der Waals surface area (Å²) >= 11 is 4.19. The molecule has 0 aromatic heterocycles. The Hall–Kier alpha value is -2.10. The first kappa shape index (κ1) is 26.0. The van der Waals surface area contributed by atoms with Gasteiger partial charge in [-0.1, -0.05) is 42.1 Å². The van der Waals surface area contributed by atoms with Gasteiger partial charge in [0.2, 0.25) is 5.91 Å². The van der Waals surface area contributed by atoms with Crippen LogP contribution in [-0.2, 0) is 23.9 Å². The first-order chi connectivity index (χ1) is 16.6. The quantitative estimate of drug-likeness (QED) is 0.428. The van der Waals surface area contributed by atoms with Crippen molar-refractivity contribution < 1.29 is 23.9 Å². The van der Waals surface area contributed by atoms with Crippen molar-refractivity contribution in [2.24, 2.45) is 0 Å². The number of nitrogens with zero attached hydrogens (tertiary/aromatic N) is 1. The number of aryl methyl sites for hydroxylation is 1. The maximum absolute atomic E-state index is 13.2. The Morgan fingerprint density at radius 2 is 1.69 bits per heavy atom. The van der Waals surface area contributed by atoms with Crippen molar-refractivity contribution in [2.45, 2.75) is 57.6 Å². The number of hydrogen-bond acceptors (Lipinski definition) is 8. The minimum Gasteiger partial charge on any atom is -0.463 e. The molecular formula is C26H29NO5S3. The van der Waals surface area contributed by atoms with Crippen molar-refractivity contribution in [3.05, 3.63) is 55.5 Å². The molecule has 1 spiro atoms. The normalized spacial score (nSPS) is 22.3. The van der Waals surface area contributed by atoms with E-state index in [1.54, 1.807) is 19.3 Å². The summed E-state index contributed by atoms with van der Waals surface area (Å²) in [4.78, 5) is 42.5. The van der Waals surface area contributed by atoms with Gasteiger partial charge in [0.05, 0.1) is 30.0 Å². The molecule has 0 N–H and O–H groups in total. The van der Waals surface area contributed by atoms with E-state index in [0.29, 0.717) is 16.9 Å². The van der Waals surface area contributed by atoms with E-state index >= 15 is 0 Å². The lowest BCUT2D eigenvalue weighted by atomic mass is 9.83. The summed E-state index contributed by atoms with van der Waals surface area (Å²) in [6.07, 6.45) is 0.372. The molecule has 1 amide bonds. The maximum atomic E-state index is 13.2. The van der Waals surface area contributed by atoms with Gasteiger partial charge in [-0.15, -0.1) is 11.8 Å². The Bertz CT molecular complexity index is 1200. The molecule has 3 aliphatic heterocycles. The summed E-state index contributed by atoms with van der Waals surface area (Å²) in [6, 6.07) is 6.04. The number of rotatable bonds is 5. The van der Waals surface area contributed by atoms with Crippen molar-refractivity contribution in [1.82, 2.24) is 0 Å². The molecule has 186 valence electrons. The van der Waals surface area contributed by atoms with Gasteiger partial charge in [0.15, 0.2) is 0 Å². The third kappa shape index (κ3) is 4.15. The zero-order valence-corrected chi connectivity index (χ0v) is 23.2. The van der Waals surface area contributed by atoms with Crippen LogP contribution in [0, 0.1) is 6.92 Å². The van der Waals surface area contributed by atoms with Gasteiger partial charge < -0.3 is 14.4 Å². The first-order valence-corrected chi connectivity index (χ1v) is 14.2. The average Bonchev–Trinajstić information content (AvgIpc) is 3.24. The van der Waals surface area contributed by atoms with Crippen LogP contribution >= 0.6 is 35.3 Å². The van der Waals surface area contributed by atoms with Crippen molar-refractivity contribution >= 4 is 64.4 Å². The molecule has 1 aromatic carbocycles. The molecular weight excluding hydrogens is 502 g/mol.